The van der Waals surface area contributed by atoms with Crippen LogP contribution in [0.15, 0.2) is 118 Å². The Morgan fingerprint density at radius 2 is 1.61 bits per heavy atom. The number of hydrogen-bond acceptors (Lipinski definition) is 5. The smallest absolute Gasteiger partial charge is 0.155 e. The van der Waals surface area contributed by atoms with Gasteiger partial charge in [-0.1, -0.05) is 45.9 Å². The molecule has 6 rings (SSSR count). The van der Waals surface area contributed by atoms with Crippen LogP contribution in [0, 0.1) is 12.1 Å². The van der Waals surface area contributed by atoms with Crippen LogP contribution in [-0.4, -0.2) is 15.9 Å². The third kappa shape index (κ3) is 8.40. The summed E-state index contributed by atoms with van der Waals surface area (Å²) in [5.41, 5.74) is 4.64. The second-order valence-corrected chi connectivity index (χ2v) is 10.8. The molecule has 4 nitrogen and oxygen atoms in total. The van der Waals surface area contributed by atoms with Gasteiger partial charge in [0, 0.05) is 41.6 Å². The predicted molar refractivity (Wildman–Crippen MR) is 154 cm³/mol. The van der Waals surface area contributed by atoms with Crippen molar-refractivity contribution in [3.8, 4) is 10.6 Å². The monoisotopic (exact) mass is 715 g/mol. The average Bonchev–Trinajstić information content (AvgIpc) is 3.54. The molecule has 0 bridgehead atoms. The maximum absolute atomic E-state index is 10.0. The summed E-state index contributed by atoms with van der Waals surface area (Å²) in [7, 11) is -0.0177. The van der Waals surface area contributed by atoms with E-state index < -0.39 is 0 Å². The molecule has 195 valence electrons. The fourth-order valence-electron chi connectivity index (χ4n) is 3.48. The average molecular weight is 715 g/mol. The van der Waals surface area contributed by atoms with Crippen molar-refractivity contribution in [2.45, 2.75) is 24.5 Å². The molecule has 0 spiro atoms. The minimum atomic E-state index is -0.125. The number of carbonyl (C=O) groups is 1. The zero-order valence-electron chi connectivity index (χ0n) is 20.9. The van der Waals surface area contributed by atoms with Gasteiger partial charge >= 0.3 is 0 Å². The summed E-state index contributed by atoms with van der Waals surface area (Å²) in [6.45, 7) is 2.85. The SMILES string of the molecule is CC(=O)/C=C(/C)O.[Ir].[c-]1ccccc1-c1nc2ccccc2s1.[c-]1ccccc1S1=Nc2ccccc2C1. The van der Waals surface area contributed by atoms with Crippen LogP contribution in [0.1, 0.15) is 19.4 Å². The molecular weight excluding hydrogens is 689 g/mol. The summed E-state index contributed by atoms with van der Waals surface area (Å²) < 4.78 is 5.95. The number of aliphatic hydroxyl groups is 1. The van der Waals surface area contributed by atoms with Crippen molar-refractivity contribution < 1.29 is 30.0 Å². The largest absolute Gasteiger partial charge is 0.512 e. The maximum atomic E-state index is 10.0. The van der Waals surface area contributed by atoms with Crippen molar-refractivity contribution >= 4 is 43.7 Å². The normalized spacial score (nSPS) is 13.5. The van der Waals surface area contributed by atoms with E-state index in [1.54, 1.807) is 11.3 Å². The van der Waals surface area contributed by atoms with Gasteiger partial charge in [0.25, 0.3) is 0 Å². The van der Waals surface area contributed by atoms with Crippen LogP contribution in [0.3, 0.4) is 0 Å². The summed E-state index contributed by atoms with van der Waals surface area (Å²) in [6.07, 6.45) is 1.17. The Kier molecular flexibility index (Phi) is 11.3. The van der Waals surface area contributed by atoms with Gasteiger partial charge in [0.15, 0.2) is 5.78 Å². The quantitative estimate of drug-likeness (QED) is 0.116. The Bertz CT molecular complexity index is 1510. The first-order valence-corrected chi connectivity index (χ1v) is 13.8. The summed E-state index contributed by atoms with van der Waals surface area (Å²) in [6, 6.07) is 39.1. The van der Waals surface area contributed by atoms with Gasteiger partial charge in [0.05, 0.1) is 17.0 Å². The van der Waals surface area contributed by atoms with E-state index in [4.69, 9.17) is 9.47 Å². The summed E-state index contributed by atoms with van der Waals surface area (Å²) >= 11 is 1.71. The number of benzene rings is 4. The van der Waals surface area contributed by atoms with Crippen molar-refractivity contribution in [1.29, 1.82) is 0 Å². The van der Waals surface area contributed by atoms with Crippen molar-refractivity contribution in [2.24, 2.45) is 4.36 Å². The van der Waals surface area contributed by atoms with E-state index in [0.29, 0.717) is 0 Å². The topological polar surface area (TPSA) is 62.5 Å². The molecule has 1 aromatic heterocycles. The Morgan fingerprint density at radius 3 is 2.21 bits per heavy atom. The molecule has 0 aliphatic carbocycles. The number of allylic oxidation sites excluding steroid dienone is 2. The molecule has 1 N–H and O–H groups in total. The molecule has 0 saturated heterocycles. The van der Waals surface area contributed by atoms with Crippen LogP contribution in [0.2, 0.25) is 0 Å². The number of thiazole rings is 1. The van der Waals surface area contributed by atoms with Gasteiger partial charge in [-0.05, 0) is 37.6 Å². The molecule has 1 aliphatic heterocycles. The summed E-state index contributed by atoms with van der Waals surface area (Å²) in [4.78, 5) is 15.8. The van der Waals surface area contributed by atoms with E-state index in [1.807, 2.05) is 60.7 Å². The third-order valence-corrected chi connectivity index (χ3v) is 7.91. The second kappa shape index (κ2) is 14.6. The molecule has 38 heavy (non-hydrogen) atoms. The molecule has 5 aromatic rings. The van der Waals surface area contributed by atoms with Gasteiger partial charge in [-0.2, -0.15) is 41.7 Å². The number of fused-ring (bicyclic) bond motifs is 2. The van der Waals surface area contributed by atoms with Crippen LogP contribution in [-0.2, 0) is 41.3 Å². The standard InChI is InChI=1S/C13H10NS.C13H8NS.C5H8O2.Ir/c1-2-7-12(8-3-1)15-10-11-6-4-5-9-13(11)14-15;1-2-6-10(7-3-1)13-14-11-8-4-5-9-12(11)15-13;1-4(6)3-5(2)7;/h1-7,9H,10H2;1-6,8-9H;3,6H,1-2H3;/q2*-1;;/b;;4-3-;. The van der Waals surface area contributed by atoms with Gasteiger partial charge in [0.2, 0.25) is 0 Å². The Balaban J connectivity index is 0.000000167. The molecule has 1 radical (unpaired) electrons. The molecule has 0 saturated carbocycles. The van der Waals surface area contributed by atoms with E-state index in [-0.39, 0.29) is 42.3 Å². The van der Waals surface area contributed by atoms with Crippen molar-refractivity contribution in [1.82, 2.24) is 4.98 Å². The second-order valence-electron chi connectivity index (χ2n) is 8.12. The fourth-order valence-corrected chi connectivity index (χ4v) is 6.14. The molecule has 1 atom stereocenters. The zero-order chi connectivity index (χ0) is 26.0. The molecule has 4 aromatic carbocycles. The van der Waals surface area contributed by atoms with Gasteiger partial charge in [-0.3, -0.25) is 9.78 Å². The number of hydrogen-bond donors (Lipinski definition) is 1. The maximum Gasteiger partial charge on any atom is 0.155 e. The number of carbonyl (C=O) groups excluding carboxylic acids is 1. The van der Waals surface area contributed by atoms with Crippen molar-refractivity contribution in [3.05, 3.63) is 127 Å². The number of ketones is 1. The van der Waals surface area contributed by atoms with E-state index in [9.17, 15) is 4.79 Å². The Hall–Kier alpha value is -3.22. The molecule has 1 unspecified atom stereocenters. The first kappa shape index (κ1) is 29.3. The van der Waals surface area contributed by atoms with E-state index >= 15 is 0 Å². The number of rotatable bonds is 3. The fraction of sp³-hybridized carbons (Fsp3) is 0.0968. The van der Waals surface area contributed by atoms with E-state index in [1.165, 1.54) is 35.1 Å². The van der Waals surface area contributed by atoms with E-state index in [2.05, 4.69) is 53.5 Å². The first-order chi connectivity index (χ1) is 18.0. The van der Waals surface area contributed by atoms with E-state index in [0.717, 1.165) is 27.5 Å². The number of para-hydroxylation sites is 1. The van der Waals surface area contributed by atoms with Crippen LogP contribution in [0.25, 0.3) is 20.8 Å². The van der Waals surface area contributed by atoms with Gasteiger partial charge < -0.3 is 5.11 Å². The molecule has 0 fully saturated rings. The predicted octanol–water partition coefficient (Wildman–Crippen LogP) is 8.29. The van der Waals surface area contributed by atoms with Crippen molar-refractivity contribution in [2.75, 3.05) is 0 Å². The van der Waals surface area contributed by atoms with Crippen molar-refractivity contribution in [3.63, 3.8) is 0 Å². The minimum Gasteiger partial charge on any atom is -0.512 e. The van der Waals surface area contributed by atoms with Crippen LogP contribution < -0.4 is 0 Å². The van der Waals surface area contributed by atoms with Gasteiger partial charge in [-0.25, -0.2) is 4.36 Å². The van der Waals surface area contributed by atoms with Gasteiger partial charge in [-0.15, -0.1) is 35.9 Å². The summed E-state index contributed by atoms with van der Waals surface area (Å²) in [5.74, 6) is 0.976. The molecular formula is C31H26IrN2O2S2-2. The molecule has 1 aliphatic rings. The summed E-state index contributed by atoms with van der Waals surface area (Å²) in [5, 5.41) is 9.40. The number of aliphatic hydroxyl groups excluding tert-OH is 1. The first-order valence-electron chi connectivity index (χ1n) is 11.7. The Labute approximate surface area is 243 Å². The van der Waals surface area contributed by atoms with Crippen LogP contribution in [0.4, 0.5) is 5.69 Å². The van der Waals surface area contributed by atoms with Crippen LogP contribution in [0.5, 0.6) is 0 Å². The Morgan fingerprint density at radius 1 is 0.921 bits per heavy atom. The van der Waals surface area contributed by atoms with Gasteiger partial charge in [0.1, 0.15) is 0 Å². The minimum absolute atomic E-state index is 0. The molecule has 0 amide bonds. The number of nitrogens with zero attached hydrogens (tertiary/aromatic N) is 2. The number of aromatic nitrogens is 1. The van der Waals surface area contributed by atoms with Crippen LogP contribution >= 0.6 is 11.3 Å². The molecule has 2 heterocycles. The molecule has 7 heteroatoms. The third-order valence-electron chi connectivity index (χ3n) is 5.07. The zero-order valence-corrected chi connectivity index (χ0v) is 24.9.